The lowest BCUT2D eigenvalue weighted by Gasteiger charge is -2.13. The summed E-state index contributed by atoms with van der Waals surface area (Å²) < 4.78 is 0.749. The standard InChI is InChI=1S/C10H10BrClO2/c1-2-6(10(13)14)9-7(11)4-3-5-8(9)12/h3-6H,2H2,1H3,(H,13,14). The van der Waals surface area contributed by atoms with Crippen molar-refractivity contribution < 1.29 is 9.90 Å². The first-order chi connectivity index (χ1) is 6.57. The lowest BCUT2D eigenvalue weighted by atomic mass is 9.97. The summed E-state index contributed by atoms with van der Waals surface area (Å²) in [5.74, 6) is -1.39. The highest BCUT2D eigenvalue weighted by molar-refractivity contribution is 9.10. The van der Waals surface area contributed by atoms with Crippen molar-refractivity contribution in [2.45, 2.75) is 19.3 Å². The molecule has 1 N–H and O–H groups in total. The number of aliphatic carboxylic acids is 1. The number of hydrogen-bond acceptors (Lipinski definition) is 1. The predicted octanol–water partition coefficient (Wildman–Crippen LogP) is 3.68. The smallest absolute Gasteiger partial charge is 0.311 e. The minimum atomic E-state index is -0.846. The average molecular weight is 278 g/mol. The Labute approximate surface area is 96.0 Å². The summed E-state index contributed by atoms with van der Waals surface area (Å²) in [5.41, 5.74) is 0.657. The number of halogens is 2. The van der Waals surface area contributed by atoms with Crippen LogP contribution >= 0.6 is 27.5 Å². The Morgan fingerprint density at radius 2 is 2.29 bits per heavy atom. The number of carboxylic acids is 1. The number of benzene rings is 1. The molecule has 1 atom stereocenters. The van der Waals surface area contributed by atoms with Gasteiger partial charge in [-0.2, -0.15) is 0 Å². The fourth-order valence-corrected chi connectivity index (χ4v) is 2.41. The second-order valence-corrected chi connectivity index (χ2v) is 4.20. The second-order valence-electron chi connectivity index (χ2n) is 2.93. The van der Waals surface area contributed by atoms with Crippen LogP contribution in [0.3, 0.4) is 0 Å². The fraction of sp³-hybridized carbons (Fsp3) is 0.300. The average Bonchev–Trinajstić information content (AvgIpc) is 2.10. The molecule has 0 bridgehead atoms. The van der Waals surface area contributed by atoms with E-state index in [1.807, 2.05) is 6.92 Å². The zero-order valence-electron chi connectivity index (χ0n) is 7.63. The molecule has 14 heavy (non-hydrogen) atoms. The van der Waals surface area contributed by atoms with Crippen molar-refractivity contribution in [3.05, 3.63) is 33.3 Å². The number of carbonyl (C=O) groups is 1. The van der Waals surface area contributed by atoms with Gasteiger partial charge in [-0.05, 0) is 24.1 Å². The summed E-state index contributed by atoms with van der Waals surface area (Å²) in [4.78, 5) is 11.0. The highest BCUT2D eigenvalue weighted by Crippen LogP contribution is 2.33. The molecule has 0 fully saturated rings. The maximum atomic E-state index is 11.0. The number of carboxylic acid groups (broad SMARTS) is 1. The summed E-state index contributed by atoms with van der Waals surface area (Å²) in [6, 6.07) is 5.28. The molecule has 0 saturated carbocycles. The molecule has 0 aliphatic rings. The van der Waals surface area contributed by atoms with Crippen LogP contribution in [0.1, 0.15) is 24.8 Å². The van der Waals surface area contributed by atoms with Gasteiger partial charge in [0.2, 0.25) is 0 Å². The molecule has 2 nitrogen and oxygen atoms in total. The SMILES string of the molecule is CCC(C(=O)O)c1c(Cl)cccc1Br. The lowest BCUT2D eigenvalue weighted by molar-refractivity contribution is -0.138. The van der Waals surface area contributed by atoms with Crippen LogP contribution in [0.5, 0.6) is 0 Å². The Morgan fingerprint density at radius 1 is 1.64 bits per heavy atom. The van der Waals surface area contributed by atoms with E-state index in [4.69, 9.17) is 16.7 Å². The van der Waals surface area contributed by atoms with E-state index in [0.29, 0.717) is 17.0 Å². The van der Waals surface area contributed by atoms with Crippen molar-refractivity contribution in [1.82, 2.24) is 0 Å². The highest BCUT2D eigenvalue weighted by Gasteiger charge is 2.22. The molecular formula is C10H10BrClO2. The van der Waals surface area contributed by atoms with Crippen LogP contribution in [0.15, 0.2) is 22.7 Å². The third-order valence-electron chi connectivity index (χ3n) is 2.05. The number of rotatable bonds is 3. The monoisotopic (exact) mass is 276 g/mol. The number of hydrogen-bond donors (Lipinski definition) is 1. The van der Waals surface area contributed by atoms with Gasteiger partial charge in [0.1, 0.15) is 0 Å². The van der Waals surface area contributed by atoms with E-state index in [9.17, 15) is 4.79 Å². The van der Waals surface area contributed by atoms with Crippen LogP contribution in [0.4, 0.5) is 0 Å². The van der Waals surface area contributed by atoms with Crippen LogP contribution in [-0.2, 0) is 4.79 Å². The zero-order valence-corrected chi connectivity index (χ0v) is 9.97. The summed E-state index contributed by atoms with van der Waals surface area (Å²) in [5, 5.41) is 9.49. The third kappa shape index (κ3) is 2.28. The van der Waals surface area contributed by atoms with E-state index in [2.05, 4.69) is 15.9 Å². The van der Waals surface area contributed by atoms with E-state index in [1.54, 1.807) is 18.2 Å². The van der Waals surface area contributed by atoms with Crippen molar-refractivity contribution in [3.8, 4) is 0 Å². The molecule has 0 spiro atoms. The maximum Gasteiger partial charge on any atom is 0.311 e. The first-order valence-electron chi connectivity index (χ1n) is 4.24. The van der Waals surface area contributed by atoms with Crippen molar-refractivity contribution in [2.24, 2.45) is 0 Å². The van der Waals surface area contributed by atoms with Gasteiger partial charge in [0.15, 0.2) is 0 Å². The minimum Gasteiger partial charge on any atom is -0.481 e. The Bertz CT molecular complexity index is 332. The van der Waals surface area contributed by atoms with E-state index in [0.717, 1.165) is 4.47 Å². The Balaban J connectivity index is 3.22. The van der Waals surface area contributed by atoms with Crippen LogP contribution < -0.4 is 0 Å². The maximum absolute atomic E-state index is 11.0. The molecular weight excluding hydrogens is 267 g/mol. The second kappa shape index (κ2) is 4.80. The van der Waals surface area contributed by atoms with Crippen LogP contribution in [0.25, 0.3) is 0 Å². The molecule has 4 heteroatoms. The largest absolute Gasteiger partial charge is 0.481 e. The normalized spacial score (nSPS) is 12.5. The van der Waals surface area contributed by atoms with Gasteiger partial charge in [-0.25, -0.2) is 0 Å². The Kier molecular flexibility index (Phi) is 3.96. The summed E-state index contributed by atoms with van der Waals surface area (Å²) in [6.45, 7) is 1.83. The van der Waals surface area contributed by atoms with Crippen LogP contribution in [-0.4, -0.2) is 11.1 Å². The quantitative estimate of drug-likeness (QED) is 0.915. The van der Waals surface area contributed by atoms with Crippen molar-refractivity contribution >= 4 is 33.5 Å². The van der Waals surface area contributed by atoms with E-state index < -0.39 is 11.9 Å². The van der Waals surface area contributed by atoms with Gasteiger partial charge in [-0.3, -0.25) is 4.79 Å². The molecule has 76 valence electrons. The molecule has 0 aromatic heterocycles. The Hall–Kier alpha value is -0.540. The Morgan fingerprint density at radius 3 is 2.71 bits per heavy atom. The van der Waals surface area contributed by atoms with Crippen molar-refractivity contribution in [2.75, 3.05) is 0 Å². The molecule has 1 aromatic rings. The van der Waals surface area contributed by atoms with Gasteiger partial charge in [0.05, 0.1) is 5.92 Å². The molecule has 0 amide bonds. The zero-order chi connectivity index (χ0) is 10.7. The van der Waals surface area contributed by atoms with Gasteiger partial charge < -0.3 is 5.11 Å². The topological polar surface area (TPSA) is 37.3 Å². The molecule has 0 aliphatic heterocycles. The molecule has 0 aliphatic carbocycles. The van der Waals surface area contributed by atoms with E-state index >= 15 is 0 Å². The van der Waals surface area contributed by atoms with Gasteiger partial charge >= 0.3 is 5.97 Å². The van der Waals surface area contributed by atoms with E-state index in [1.165, 1.54) is 0 Å². The van der Waals surface area contributed by atoms with Gasteiger partial charge in [-0.1, -0.05) is 40.5 Å². The molecule has 1 aromatic carbocycles. The molecule has 0 radical (unpaired) electrons. The predicted molar refractivity (Wildman–Crippen MR) is 59.8 cm³/mol. The minimum absolute atomic E-state index is 0.494. The first-order valence-corrected chi connectivity index (χ1v) is 5.41. The highest BCUT2D eigenvalue weighted by atomic mass is 79.9. The molecule has 1 rings (SSSR count). The van der Waals surface area contributed by atoms with Gasteiger partial charge in [-0.15, -0.1) is 0 Å². The van der Waals surface area contributed by atoms with Gasteiger partial charge in [0, 0.05) is 9.50 Å². The molecule has 0 heterocycles. The van der Waals surface area contributed by atoms with Crippen LogP contribution in [0.2, 0.25) is 5.02 Å². The summed E-state index contributed by atoms with van der Waals surface area (Å²) >= 11 is 9.26. The van der Waals surface area contributed by atoms with Crippen molar-refractivity contribution in [1.29, 1.82) is 0 Å². The third-order valence-corrected chi connectivity index (χ3v) is 3.08. The first kappa shape index (κ1) is 11.5. The summed E-state index contributed by atoms with van der Waals surface area (Å²) in [6.07, 6.45) is 0.525. The fourth-order valence-electron chi connectivity index (χ4n) is 1.35. The van der Waals surface area contributed by atoms with Crippen LogP contribution in [0, 0.1) is 0 Å². The lowest BCUT2D eigenvalue weighted by Crippen LogP contribution is -2.11. The summed E-state index contributed by atoms with van der Waals surface area (Å²) in [7, 11) is 0. The van der Waals surface area contributed by atoms with E-state index in [-0.39, 0.29) is 0 Å². The molecule has 0 saturated heterocycles. The van der Waals surface area contributed by atoms with Gasteiger partial charge in [0.25, 0.3) is 0 Å². The molecule has 1 unspecified atom stereocenters. The van der Waals surface area contributed by atoms with Crippen molar-refractivity contribution in [3.63, 3.8) is 0 Å².